The second-order valence-electron chi connectivity index (χ2n) is 5.02. The second kappa shape index (κ2) is 5.80. The number of fused-ring (bicyclic) bond motifs is 1. The third kappa shape index (κ3) is 2.49. The highest BCUT2D eigenvalue weighted by molar-refractivity contribution is 7.98. The number of thiazole rings is 1. The molecule has 0 fully saturated rings. The topological polar surface area (TPSA) is 104 Å². The van der Waals surface area contributed by atoms with Crippen molar-refractivity contribution in [3.8, 4) is 11.6 Å². The van der Waals surface area contributed by atoms with Crippen molar-refractivity contribution in [2.24, 2.45) is 0 Å². The minimum absolute atomic E-state index is 0.0835. The zero-order valence-corrected chi connectivity index (χ0v) is 14.2. The largest absolute Gasteiger partial charge is 0.461 e. The van der Waals surface area contributed by atoms with Crippen LogP contribution in [-0.2, 0) is 5.75 Å². The summed E-state index contributed by atoms with van der Waals surface area (Å²) in [6.07, 6.45) is 1.55. The van der Waals surface area contributed by atoms with E-state index in [1.54, 1.807) is 22.8 Å². The first-order valence-electron chi connectivity index (χ1n) is 6.97. The summed E-state index contributed by atoms with van der Waals surface area (Å²) in [4.78, 5) is 17.4. The molecule has 0 bridgehead atoms. The highest BCUT2D eigenvalue weighted by atomic mass is 32.2. The molecule has 0 radical (unpaired) electrons. The van der Waals surface area contributed by atoms with Gasteiger partial charge in [-0.05, 0) is 19.1 Å². The lowest BCUT2D eigenvalue weighted by atomic mass is 10.4. The van der Waals surface area contributed by atoms with Gasteiger partial charge in [-0.3, -0.25) is 9.20 Å². The van der Waals surface area contributed by atoms with Crippen LogP contribution in [0.15, 0.2) is 44.2 Å². The van der Waals surface area contributed by atoms with E-state index in [4.69, 9.17) is 10.3 Å². The number of nitrogens with zero attached hydrogens (tertiary/aromatic N) is 5. The molecule has 2 N–H and O–H groups in total. The minimum atomic E-state index is -0.0835. The Balaban J connectivity index is 1.58. The zero-order chi connectivity index (χ0) is 16.7. The number of thioether (sulfide) groups is 1. The fraction of sp³-hybridized carbons (Fsp3) is 0.143. The van der Waals surface area contributed by atoms with E-state index < -0.39 is 0 Å². The summed E-state index contributed by atoms with van der Waals surface area (Å²) in [7, 11) is 0. The van der Waals surface area contributed by atoms with Gasteiger partial charge in [0, 0.05) is 22.9 Å². The molecule has 0 aliphatic carbocycles. The van der Waals surface area contributed by atoms with Crippen LogP contribution in [-0.4, -0.2) is 24.3 Å². The van der Waals surface area contributed by atoms with Gasteiger partial charge in [-0.2, -0.15) is 0 Å². The van der Waals surface area contributed by atoms with Crippen molar-refractivity contribution in [1.29, 1.82) is 0 Å². The van der Waals surface area contributed by atoms with Crippen molar-refractivity contribution in [1.82, 2.24) is 24.3 Å². The number of furan rings is 1. The van der Waals surface area contributed by atoms with Gasteiger partial charge in [0.25, 0.3) is 5.56 Å². The summed E-state index contributed by atoms with van der Waals surface area (Å²) in [5.74, 6) is 7.47. The highest BCUT2D eigenvalue weighted by Crippen LogP contribution is 2.24. The lowest BCUT2D eigenvalue weighted by molar-refractivity contribution is 0.574. The normalized spacial score (nSPS) is 11.4. The van der Waals surface area contributed by atoms with Gasteiger partial charge in [0.05, 0.1) is 12.0 Å². The van der Waals surface area contributed by atoms with Crippen LogP contribution in [0.25, 0.3) is 16.5 Å². The number of aromatic nitrogens is 5. The summed E-state index contributed by atoms with van der Waals surface area (Å²) < 4.78 is 8.24. The molecule has 8 nitrogen and oxygen atoms in total. The smallest absolute Gasteiger partial charge is 0.258 e. The average Bonchev–Trinajstić information content (AvgIpc) is 3.27. The Kier molecular flexibility index (Phi) is 3.62. The van der Waals surface area contributed by atoms with E-state index in [-0.39, 0.29) is 5.56 Å². The first-order chi connectivity index (χ1) is 11.6. The van der Waals surface area contributed by atoms with Crippen LogP contribution >= 0.6 is 23.1 Å². The zero-order valence-electron chi connectivity index (χ0n) is 12.5. The van der Waals surface area contributed by atoms with Crippen LogP contribution in [0.2, 0.25) is 0 Å². The average molecular weight is 360 g/mol. The van der Waals surface area contributed by atoms with Crippen molar-refractivity contribution in [3.05, 3.63) is 51.6 Å². The monoisotopic (exact) mass is 360 g/mol. The summed E-state index contributed by atoms with van der Waals surface area (Å²) in [5, 5.41) is 10.5. The summed E-state index contributed by atoms with van der Waals surface area (Å²) in [5.41, 5.74) is 1.48. The molecule has 4 rings (SSSR count). The predicted octanol–water partition coefficient (Wildman–Crippen LogP) is 1.92. The number of hydrogen-bond acceptors (Lipinski definition) is 8. The van der Waals surface area contributed by atoms with Crippen molar-refractivity contribution in [2.75, 3.05) is 5.84 Å². The van der Waals surface area contributed by atoms with Gasteiger partial charge in [0.2, 0.25) is 11.0 Å². The molecule has 10 heteroatoms. The maximum atomic E-state index is 12.2. The molecule has 0 saturated heterocycles. The van der Waals surface area contributed by atoms with Crippen LogP contribution in [0.3, 0.4) is 0 Å². The lowest BCUT2D eigenvalue weighted by Crippen LogP contribution is -2.15. The number of nitrogen functional groups attached to an aromatic ring is 1. The number of nitrogens with two attached hydrogens (primary N) is 1. The quantitative estimate of drug-likeness (QED) is 0.438. The molecule has 4 aromatic rings. The van der Waals surface area contributed by atoms with Crippen LogP contribution in [0.5, 0.6) is 0 Å². The molecule has 4 aromatic heterocycles. The van der Waals surface area contributed by atoms with Gasteiger partial charge in [0.15, 0.2) is 10.7 Å². The SMILES string of the molecule is Cc1csc2nc(CSc3nnc(-c4ccco4)n3N)cc(=O)n12. The van der Waals surface area contributed by atoms with E-state index in [2.05, 4.69) is 15.2 Å². The van der Waals surface area contributed by atoms with Gasteiger partial charge in [-0.25, -0.2) is 9.66 Å². The predicted molar refractivity (Wildman–Crippen MR) is 91.5 cm³/mol. The Hall–Kier alpha value is -2.59. The molecule has 4 heterocycles. The van der Waals surface area contributed by atoms with E-state index >= 15 is 0 Å². The first-order valence-corrected chi connectivity index (χ1v) is 8.84. The highest BCUT2D eigenvalue weighted by Gasteiger charge is 2.15. The van der Waals surface area contributed by atoms with E-state index in [1.807, 2.05) is 12.3 Å². The Morgan fingerprint density at radius 1 is 1.42 bits per heavy atom. The minimum Gasteiger partial charge on any atom is -0.461 e. The molecule has 122 valence electrons. The van der Waals surface area contributed by atoms with Gasteiger partial charge < -0.3 is 10.3 Å². The number of aryl methyl sites for hydroxylation is 1. The summed E-state index contributed by atoms with van der Waals surface area (Å²) in [6.45, 7) is 1.88. The molecule has 0 atom stereocenters. The van der Waals surface area contributed by atoms with Crippen molar-refractivity contribution in [2.45, 2.75) is 17.8 Å². The molecule has 0 aliphatic heterocycles. The fourth-order valence-electron chi connectivity index (χ4n) is 2.26. The van der Waals surface area contributed by atoms with E-state index in [1.165, 1.54) is 33.8 Å². The standard InChI is InChI=1S/C14H12N6O2S2/c1-8-6-23-13-16-9(5-11(21)19(8)13)7-24-14-18-17-12(20(14)15)10-3-2-4-22-10/h2-6H,7,15H2,1H3. The lowest BCUT2D eigenvalue weighted by Gasteiger charge is -2.03. The summed E-state index contributed by atoms with van der Waals surface area (Å²) in [6, 6.07) is 5.05. The number of rotatable bonds is 4. The van der Waals surface area contributed by atoms with Crippen LogP contribution < -0.4 is 11.4 Å². The maximum Gasteiger partial charge on any atom is 0.258 e. The Morgan fingerprint density at radius 3 is 3.08 bits per heavy atom. The van der Waals surface area contributed by atoms with E-state index in [0.29, 0.717) is 33.1 Å². The molecule has 0 spiro atoms. The molecular weight excluding hydrogens is 348 g/mol. The molecule has 24 heavy (non-hydrogen) atoms. The number of hydrogen-bond donors (Lipinski definition) is 1. The first kappa shape index (κ1) is 15.0. The molecule has 0 aromatic carbocycles. The van der Waals surface area contributed by atoms with Gasteiger partial charge in [-0.15, -0.1) is 21.5 Å². The molecule has 0 amide bonds. The maximum absolute atomic E-state index is 12.2. The molecule has 0 unspecified atom stereocenters. The van der Waals surface area contributed by atoms with E-state index in [9.17, 15) is 4.79 Å². The van der Waals surface area contributed by atoms with Crippen molar-refractivity contribution < 1.29 is 4.42 Å². The Bertz CT molecular complexity index is 1060. The molecule has 0 aliphatic rings. The van der Waals surface area contributed by atoms with Gasteiger partial charge in [0.1, 0.15) is 0 Å². The van der Waals surface area contributed by atoms with Gasteiger partial charge in [-0.1, -0.05) is 11.8 Å². The van der Waals surface area contributed by atoms with Crippen LogP contribution in [0, 0.1) is 6.92 Å². The van der Waals surface area contributed by atoms with Crippen molar-refractivity contribution in [3.63, 3.8) is 0 Å². The molecule has 0 saturated carbocycles. The fourth-order valence-corrected chi connectivity index (χ4v) is 3.90. The third-order valence-electron chi connectivity index (χ3n) is 3.38. The van der Waals surface area contributed by atoms with Crippen LogP contribution in [0.1, 0.15) is 11.4 Å². The van der Waals surface area contributed by atoms with Gasteiger partial charge >= 0.3 is 0 Å². The second-order valence-corrected chi connectivity index (χ2v) is 6.80. The Morgan fingerprint density at radius 2 is 2.29 bits per heavy atom. The van der Waals surface area contributed by atoms with Crippen LogP contribution in [0.4, 0.5) is 0 Å². The third-order valence-corrected chi connectivity index (χ3v) is 5.30. The van der Waals surface area contributed by atoms with Crippen molar-refractivity contribution >= 4 is 28.1 Å². The Labute approximate surface area is 143 Å². The van der Waals surface area contributed by atoms with E-state index in [0.717, 1.165) is 5.69 Å². The summed E-state index contributed by atoms with van der Waals surface area (Å²) >= 11 is 2.80. The molecular formula is C14H12N6O2S2.